The first-order valence-electron chi connectivity index (χ1n) is 8.81. The van der Waals surface area contributed by atoms with Crippen molar-refractivity contribution in [2.45, 2.75) is 32.1 Å². The molecule has 1 aromatic heterocycles. The highest BCUT2D eigenvalue weighted by Crippen LogP contribution is 2.24. The zero-order chi connectivity index (χ0) is 18.1. The number of unbranched alkanes of at least 4 members (excludes halogenated alkanes) is 3. The van der Waals surface area contributed by atoms with Gasteiger partial charge in [0.25, 0.3) is 0 Å². The molecule has 0 saturated heterocycles. The third-order valence-corrected chi connectivity index (χ3v) is 4.82. The van der Waals surface area contributed by atoms with E-state index >= 15 is 0 Å². The minimum absolute atomic E-state index is 0.513. The number of sulfonamides is 1. The minimum Gasteiger partial charge on any atom is -0.494 e. The number of benzene rings is 1. The van der Waals surface area contributed by atoms with Crippen LogP contribution >= 0.6 is 0 Å². The maximum Gasteiger partial charge on any atom is 0.208 e. The summed E-state index contributed by atoms with van der Waals surface area (Å²) in [6, 6.07) is 6.16. The predicted octanol–water partition coefficient (Wildman–Crippen LogP) is 2.42. The minimum atomic E-state index is -3.06. The van der Waals surface area contributed by atoms with Gasteiger partial charge in [0.15, 0.2) is 0 Å². The van der Waals surface area contributed by atoms with E-state index in [1.165, 1.54) is 17.2 Å². The largest absolute Gasteiger partial charge is 0.494 e. The fraction of sp³-hybridized carbons (Fsp3) is 0.556. The van der Waals surface area contributed by atoms with Gasteiger partial charge >= 0.3 is 0 Å². The summed E-state index contributed by atoms with van der Waals surface area (Å²) in [5.74, 6) is 0.900. The molecule has 7 heteroatoms. The fourth-order valence-electron chi connectivity index (χ4n) is 2.74. The van der Waals surface area contributed by atoms with Gasteiger partial charge in [-0.25, -0.2) is 13.1 Å². The SMILES string of the molecule is CNCCc1c[nH]c2ccc(OCCCCCCNS(C)(=O)=O)cc12. The number of rotatable bonds is 12. The van der Waals surface area contributed by atoms with Crippen LogP contribution in [0.25, 0.3) is 10.9 Å². The highest BCUT2D eigenvalue weighted by atomic mass is 32.2. The second-order valence-corrected chi connectivity index (χ2v) is 8.14. The maximum absolute atomic E-state index is 10.9. The van der Waals surface area contributed by atoms with Gasteiger partial charge in [-0.15, -0.1) is 0 Å². The first kappa shape index (κ1) is 19.8. The van der Waals surface area contributed by atoms with Gasteiger partial charge in [-0.05, 0) is 56.6 Å². The van der Waals surface area contributed by atoms with E-state index in [4.69, 9.17) is 4.74 Å². The summed E-state index contributed by atoms with van der Waals surface area (Å²) >= 11 is 0. The lowest BCUT2D eigenvalue weighted by Crippen LogP contribution is -2.22. The number of nitrogens with one attached hydrogen (secondary N) is 3. The number of fused-ring (bicyclic) bond motifs is 1. The normalized spacial score (nSPS) is 11.9. The lowest BCUT2D eigenvalue weighted by molar-refractivity contribution is 0.305. The van der Waals surface area contributed by atoms with Crippen LogP contribution in [0.2, 0.25) is 0 Å². The molecule has 0 aliphatic rings. The lowest BCUT2D eigenvalue weighted by atomic mass is 10.1. The van der Waals surface area contributed by atoms with E-state index in [1.54, 1.807) is 0 Å². The molecule has 2 aromatic rings. The molecule has 0 aliphatic carbocycles. The predicted molar refractivity (Wildman–Crippen MR) is 103 cm³/mol. The van der Waals surface area contributed by atoms with Crippen molar-refractivity contribution in [2.24, 2.45) is 0 Å². The highest BCUT2D eigenvalue weighted by molar-refractivity contribution is 7.88. The molecule has 0 spiro atoms. The average molecular weight is 368 g/mol. The van der Waals surface area contributed by atoms with Gasteiger partial charge in [-0.3, -0.25) is 0 Å². The summed E-state index contributed by atoms with van der Waals surface area (Å²) in [5, 5.41) is 4.40. The quantitative estimate of drug-likeness (QED) is 0.503. The van der Waals surface area contributed by atoms with E-state index in [0.717, 1.165) is 49.9 Å². The Balaban J connectivity index is 1.70. The third-order valence-electron chi connectivity index (χ3n) is 4.09. The van der Waals surface area contributed by atoms with Crippen LogP contribution in [0.4, 0.5) is 0 Å². The third kappa shape index (κ3) is 7.05. The standard InChI is InChI=1S/C18H29N3O3S/c1-19-11-9-15-14-20-18-8-7-16(13-17(15)18)24-12-6-4-3-5-10-21-25(2,22)23/h7-8,13-14,19-21H,3-6,9-12H2,1-2H3. The molecule has 25 heavy (non-hydrogen) atoms. The molecular weight excluding hydrogens is 338 g/mol. The summed E-state index contributed by atoms with van der Waals surface area (Å²) in [6.45, 7) is 2.15. The van der Waals surface area contributed by atoms with Crippen LogP contribution in [0.15, 0.2) is 24.4 Å². The van der Waals surface area contributed by atoms with Gasteiger partial charge in [0, 0.05) is 23.6 Å². The summed E-state index contributed by atoms with van der Waals surface area (Å²) < 4.78 is 30.3. The lowest BCUT2D eigenvalue weighted by Gasteiger charge is -2.07. The van der Waals surface area contributed by atoms with Gasteiger partial charge in [0.1, 0.15) is 5.75 Å². The molecule has 0 saturated carbocycles. The molecule has 6 nitrogen and oxygen atoms in total. The number of hydrogen-bond acceptors (Lipinski definition) is 4. The smallest absolute Gasteiger partial charge is 0.208 e. The van der Waals surface area contributed by atoms with Crippen LogP contribution in [-0.2, 0) is 16.4 Å². The number of likely N-dealkylation sites (N-methyl/N-ethyl adjacent to an activating group) is 1. The van der Waals surface area contributed by atoms with Crippen molar-refractivity contribution in [2.75, 3.05) is 33.0 Å². The van der Waals surface area contributed by atoms with Crippen LogP contribution in [0.3, 0.4) is 0 Å². The van der Waals surface area contributed by atoms with E-state index in [2.05, 4.69) is 33.4 Å². The van der Waals surface area contributed by atoms with Gasteiger partial charge in [-0.1, -0.05) is 12.8 Å². The van der Waals surface area contributed by atoms with E-state index < -0.39 is 10.0 Å². The van der Waals surface area contributed by atoms with Crippen molar-refractivity contribution < 1.29 is 13.2 Å². The number of hydrogen-bond donors (Lipinski definition) is 3. The Labute approximate surface area is 150 Å². The Bertz CT molecular complexity index is 756. The molecule has 0 unspecified atom stereocenters. The van der Waals surface area contributed by atoms with Crippen molar-refractivity contribution >= 4 is 20.9 Å². The summed E-state index contributed by atoms with van der Waals surface area (Å²) in [4.78, 5) is 3.30. The number of ether oxygens (including phenoxy) is 1. The van der Waals surface area contributed by atoms with E-state index in [1.807, 2.05) is 13.1 Å². The molecule has 0 atom stereocenters. The monoisotopic (exact) mass is 367 g/mol. The zero-order valence-corrected chi connectivity index (χ0v) is 15.9. The summed E-state index contributed by atoms with van der Waals surface area (Å²) in [7, 11) is -1.10. The number of H-pyrrole nitrogens is 1. The second-order valence-electron chi connectivity index (χ2n) is 6.30. The van der Waals surface area contributed by atoms with Crippen molar-refractivity contribution in [3.8, 4) is 5.75 Å². The van der Waals surface area contributed by atoms with Crippen LogP contribution in [0.5, 0.6) is 5.75 Å². The Morgan fingerprint density at radius 1 is 1.12 bits per heavy atom. The summed E-state index contributed by atoms with van der Waals surface area (Å²) in [6.07, 6.45) is 8.10. The second kappa shape index (κ2) is 9.79. The molecule has 0 radical (unpaired) electrons. The molecule has 0 aliphatic heterocycles. The molecular formula is C18H29N3O3S. The molecule has 0 fully saturated rings. The molecule has 2 rings (SSSR count). The molecule has 0 amide bonds. The molecule has 3 N–H and O–H groups in total. The van der Waals surface area contributed by atoms with Gasteiger partial charge in [0.05, 0.1) is 12.9 Å². The Hall–Kier alpha value is -1.57. The Morgan fingerprint density at radius 2 is 1.92 bits per heavy atom. The van der Waals surface area contributed by atoms with E-state index in [9.17, 15) is 8.42 Å². The van der Waals surface area contributed by atoms with Crippen LogP contribution in [-0.4, -0.2) is 46.4 Å². The van der Waals surface area contributed by atoms with Crippen molar-refractivity contribution in [1.82, 2.24) is 15.0 Å². The fourth-order valence-corrected chi connectivity index (χ4v) is 3.26. The number of aromatic nitrogens is 1. The van der Waals surface area contributed by atoms with Crippen LogP contribution in [0.1, 0.15) is 31.2 Å². The Morgan fingerprint density at radius 3 is 2.68 bits per heavy atom. The van der Waals surface area contributed by atoms with E-state index in [0.29, 0.717) is 13.2 Å². The van der Waals surface area contributed by atoms with Crippen molar-refractivity contribution in [1.29, 1.82) is 0 Å². The molecule has 1 heterocycles. The Kier molecular flexibility index (Phi) is 7.74. The maximum atomic E-state index is 10.9. The summed E-state index contributed by atoms with van der Waals surface area (Å²) in [5.41, 5.74) is 2.44. The molecule has 0 bridgehead atoms. The van der Waals surface area contributed by atoms with E-state index in [-0.39, 0.29) is 0 Å². The van der Waals surface area contributed by atoms with Crippen LogP contribution in [0, 0.1) is 0 Å². The molecule has 1 aromatic carbocycles. The van der Waals surface area contributed by atoms with Gasteiger partial charge < -0.3 is 15.0 Å². The van der Waals surface area contributed by atoms with Crippen molar-refractivity contribution in [3.63, 3.8) is 0 Å². The van der Waals surface area contributed by atoms with Crippen LogP contribution < -0.4 is 14.8 Å². The van der Waals surface area contributed by atoms with Gasteiger partial charge in [-0.2, -0.15) is 0 Å². The highest BCUT2D eigenvalue weighted by Gasteiger charge is 2.05. The van der Waals surface area contributed by atoms with Gasteiger partial charge in [0.2, 0.25) is 10.0 Å². The number of aromatic amines is 1. The topological polar surface area (TPSA) is 83.2 Å². The zero-order valence-electron chi connectivity index (χ0n) is 15.1. The average Bonchev–Trinajstić information content (AvgIpc) is 2.96. The first-order valence-corrected chi connectivity index (χ1v) is 10.7. The van der Waals surface area contributed by atoms with Crippen molar-refractivity contribution in [3.05, 3.63) is 30.0 Å². The molecule has 140 valence electrons. The first-order chi connectivity index (χ1) is 12.0.